The molecule has 0 amide bonds. The summed E-state index contributed by atoms with van der Waals surface area (Å²) >= 11 is 0. The SMILES string of the molecule is CCCN(CC1CC1)CC(NCC)c1cccc(OC)c1. The number of ether oxygens (including phenoxy) is 1. The molecule has 0 spiro atoms. The summed E-state index contributed by atoms with van der Waals surface area (Å²) in [6, 6.07) is 8.85. The summed E-state index contributed by atoms with van der Waals surface area (Å²) < 4.78 is 5.37. The molecule has 1 aliphatic rings. The van der Waals surface area contributed by atoms with E-state index in [1.165, 1.54) is 37.9 Å². The van der Waals surface area contributed by atoms with E-state index in [0.29, 0.717) is 6.04 Å². The molecular formula is C18H30N2O. The second-order valence-corrected chi connectivity index (χ2v) is 6.09. The van der Waals surface area contributed by atoms with Gasteiger partial charge in [-0.15, -0.1) is 0 Å². The van der Waals surface area contributed by atoms with E-state index >= 15 is 0 Å². The zero-order valence-corrected chi connectivity index (χ0v) is 13.8. The van der Waals surface area contributed by atoms with Crippen LogP contribution in [0.25, 0.3) is 0 Å². The molecule has 1 unspecified atom stereocenters. The molecule has 118 valence electrons. The molecule has 1 aromatic carbocycles. The fourth-order valence-electron chi connectivity index (χ4n) is 2.89. The summed E-state index contributed by atoms with van der Waals surface area (Å²) in [4.78, 5) is 2.63. The largest absolute Gasteiger partial charge is 0.497 e. The van der Waals surface area contributed by atoms with Crippen molar-refractivity contribution in [1.29, 1.82) is 0 Å². The minimum absolute atomic E-state index is 0.385. The Balaban J connectivity index is 2.04. The third kappa shape index (κ3) is 5.33. The van der Waals surface area contributed by atoms with Crippen LogP contribution >= 0.6 is 0 Å². The van der Waals surface area contributed by atoms with Crippen molar-refractivity contribution in [2.45, 2.75) is 39.2 Å². The van der Waals surface area contributed by atoms with Crippen LogP contribution in [0, 0.1) is 5.92 Å². The molecule has 1 fully saturated rings. The summed E-state index contributed by atoms with van der Waals surface area (Å²) in [6.45, 7) is 8.99. The second kappa shape index (κ2) is 8.40. The van der Waals surface area contributed by atoms with E-state index in [9.17, 15) is 0 Å². The number of nitrogens with one attached hydrogen (secondary N) is 1. The first-order chi connectivity index (χ1) is 10.3. The van der Waals surface area contributed by atoms with Gasteiger partial charge in [0.1, 0.15) is 5.75 Å². The van der Waals surface area contributed by atoms with Gasteiger partial charge in [-0.1, -0.05) is 26.0 Å². The van der Waals surface area contributed by atoms with Gasteiger partial charge in [0.25, 0.3) is 0 Å². The molecule has 0 bridgehead atoms. The van der Waals surface area contributed by atoms with Crippen molar-refractivity contribution in [1.82, 2.24) is 10.2 Å². The van der Waals surface area contributed by atoms with Gasteiger partial charge >= 0.3 is 0 Å². The molecule has 1 aliphatic carbocycles. The van der Waals surface area contributed by atoms with Crippen LogP contribution in [0.1, 0.15) is 44.7 Å². The third-order valence-electron chi connectivity index (χ3n) is 4.14. The second-order valence-electron chi connectivity index (χ2n) is 6.09. The Morgan fingerprint density at radius 1 is 1.33 bits per heavy atom. The smallest absolute Gasteiger partial charge is 0.119 e. The van der Waals surface area contributed by atoms with Crippen LogP contribution in [0.5, 0.6) is 5.75 Å². The number of rotatable bonds is 10. The van der Waals surface area contributed by atoms with Crippen molar-refractivity contribution in [3.05, 3.63) is 29.8 Å². The first-order valence-electron chi connectivity index (χ1n) is 8.36. The molecule has 0 heterocycles. The zero-order chi connectivity index (χ0) is 15.1. The number of nitrogens with zero attached hydrogens (tertiary/aromatic N) is 1. The predicted octanol–water partition coefficient (Wildman–Crippen LogP) is 3.47. The molecule has 0 aromatic heterocycles. The Morgan fingerprint density at radius 2 is 2.14 bits per heavy atom. The van der Waals surface area contributed by atoms with E-state index in [1.54, 1.807) is 7.11 Å². The number of benzene rings is 1. The average Bonchev–Trinajstić information content (AvgIpc) is 3.31. The molecule has 0 aliphatic heterocycles. The fourth-order valence-corrected chi connectivity index (χ4v) is 2.89. The van der Waals surface area contributed by atoms with Crippen molar-refractivity contribution < 1.29 is 4.74 Å². The highest BCUT2D eigenvalue weighted by Crippen LogP contribution is 2.30. The summed E-state index contributed by atoms with van der Waals surface area (Å²) in [7, 11) is 1.73. The van der Waals surface area contributed by atoms with Crippen molar-refractivity contribution in [2.75, 3.05) is 33.3 Å². The molecule has 21 heavy (non-hydrogen) atoms. The number of hydrogen-bond acceptors (Lipinski definition) is 3. The molecule has 1 atom stereocenters. The summed E-state index contributed by atoms with van der Waals surface area (Å²) in [5.74, 6) is 1.89. The van der Waals surface area contributed by atoms with Crippen LogP contribution in [0.2, 0.25) is 0 Å². The first kappa shape index (κ1) is 16.3. The van der Waals surface area contributed by atoms with E-state index in [2.05, 4.69) is 42.3 Å². The maximum atomic E-state index is 5.37. The van der Waals surface area contributed by atoms with Gasteiger partial charge in [-0.2, -0.15) is 0 Å². The molecule has 3 heteroatoms. The zero-order valence-electron chi connectivity index (χ0n) is 13.8. The van der Waals surface area contributed by atoms with Crippen molar-refractivity contribution >= 4 is 0 Å². The predicted molar refractivity (Wildman–Crippen MR) is 88.9 cm³/mol. The number of hydrogen-bond donors (Lipinski definition) is 1. The van der Waals surface area contributed by atoms with Gasteiger partial charge in [0, 0.05) is 19.1 Å². The van der Waals surface area contributed by atoms with Crippen molar-refractivity contribution in [3.63, 3.8) is 0 Å². The van der Waals surface area contributed by atoms with E-state index in [0.717, 1.165) is 24.8 Å². The maximum absolute atomic E-state index is 5.37. The first-order valence-corrected chi connectivity index (χ1v) is 8.36. The minimum Gasteiger partial charge on any atom is -0.497 e. The molecule has 1 N–H and O–H groups in total. The lowest BCUT2D eigenvalue weighted by atomic mass is 10.1. The van der Waals surface area contributed by atoms with Gasteiger partial charge in [-0.05, 0) is 56.0 Å². The van der Waals surface area contributed by atoms with Crippen LogP contribution in [0.15, 0.2) is 24.3 Å². The normalized spacial score (nSPS) is 16.2. The molecule has 1 saturated carbocycles. The molecule has 0 radical (unpaired) electrons. The highest BCUT2D eigenvalue weighted by atomic mass is 16.5. The quantitative estimate of drug-likeness (QED) is 0.714. The summed E-state index contributed by atoms with van der Waals surface area (Å²) in [5.41, 5.74) is 1.33. The fraction of sp³-hybridized carbons (Fsp3) is 0.667. The van der Waals surface area contributed by atoms with Crippen LogP contribution < -0.4 is 10.1 Å². The Labute approximate surface area is 129 Å². The van der Waals surface area contributed by atoms with Gasteiger partial charge in [0.05, 0.1) is 7.11 Å². The van der Waals surface area contributed by atoms with Gasteiger partial charge in [-0.25, -0.2) is 0 Å². The van der Waals surface area contributed by atoms with E-state index in [-0.39, 0.29) is 0 Å². The third-order valence-corrected chi connectivity index (χ3v) is 4.14. The Bertz CT molecular complexity index is 417. The lowest BCUT2D eigenvalue weighted by Gasteiger charge is -2.28. The topological polar surface area (TPSA) is 24.5 Å². The lowest BCUT2D eigenvalue weighted by molar-refractivity contribution is 0.234. The van der Waals surface area contributed by atoms with Crippen LogP contribution in [0.3, 0.4) is 0 Å². The molecule has 3 nitrogen and oxygen atoms in total. The van der Waals surface area contributed by atoms with Gasteiger partial charge in [0.15, 0.2) is 0 Å². The van der Waals surface area contributed by atoms with Gasteiger partial charge < -0.3 is 15.0 Å². The maximum Gasteiger partial charge on any atom is 0.119 e. The highest BCUT2D eigenvalue weighted by Gasteiger charge is 2.25. The standard InChI is InChI=1S/C18H30N2O/c1-4-11-20(13-15-9-10-15)14-18(19-5-2)16-7-6-8-17(12-16)21-3/h6-8,12,15,18-19H,4-5,9-11,13-14H2,1-3H3. The van der Waals surface area contributed by atoms with Crippen LogP contribution in [-0.2, 0) is 0 Å². The van der Waals surface area contributed by atoms with Gasteiger partial charge in [-0.3, -0.25) is 0 Å². The summed E-state index contributed by atoms with van der Waals surface area (Å²) in [5, 5.41) is 3.64. The van der Waals surface area contributed by atoms with Gasteiger partial charge in [0.2, 0.25) is 0 Å². The van der Waals surface area contributed by atoms with Crippen LogP contribution in [-0.4, -0.2) is 38.2 Å². The molecule has 1 aromatic rings. The van der Waals surface area contributed by atoms with E-state index in [4.69, 9.17) is 4.74 Å². The monoisotopic (exact) mass is 290 g/mol. The molecule has 0 saturated heterocycles. The Kier molecular flexibility index (Phi) is 6.52. The number of methoxy groups -OCH3 is 1. The van der Waals surface area contributed by atoms with E-state index < -0.39 is 0 Å². The van der Waals surface area contributed by atoms with Crippen LogP contribution in [0.4, 0.5) is 0 Å². The minimum atomic E-state index is 0.385. The summed E-state index contributed by atoms with van der Waals surface area (Å²) in [6.07, 6.45) is 4.07. The van der Waals surface area contributed by atoms with E-state index in [1.807, 2.05) is 6.07 Å². The molecule has 2 rings (SSSR count). The number of likely N-dealkylation sites (N-methyl/N-ethyl adjacent to an activating group) is 1. The lowest BCUT2D eigenvalue weighted by Crippen LogP contribution is -2.37. The Morgan fingerprint density at radius 3 is 2.76 bits per heavy atom. The average molecular weight is 290 g/mol. The highest BCUT2D eigenvalue weighted by molar-refractivity contribution is 5.30. The van der Waals surface area contributed by atoms with Crippen molar-refractivity contribution in [2.24, 2.45) is 5.92 Å². The molecular weight excluding hydrogens is 260 g/mol. The Hall–Kier alpha value is -1.06. The van der Waals surface area contributed by atoms with Crippen molar-refractivity contribution in [3.8, 4) is 5.75 Å².